The van der Waals surface area contributed by atoms with Crippen LogP contribution in [0.2, 0.25) is 0 Å². The lowest BCUT2D eigenvalue weighted by Gasteiger charge is -2.15. The average molecular weight is 314 g/mol. The van der Waals surface area contributed by atoms with Crippen molar-refractivity contribution in [3.63, 3.8) is 0 Å². The molecule has 1 atom stereocenters. The summed E-state index contributed by atoms with van der Waals surface area (Å²) < 4.78 is 5.24. The number of amides is 1. The molecule has 122 valence electrons. The van der Waals surface area contributed by atoms with Crippen molar-refractivity contribution in [3.8, 4) is 5.75 Å². The van der Waals surface area contributed by atoms with Gasteiger partial charge in [0.25, 0.3) is 0 Å². The summed E-state index contributed by atoms with van der Waals surface area (Å²) in [6.45, 7) is 0.423. The molecule has 0 saturated heterocycles. The molecule has 0 radical (unpaired) electrons. The maximum atomic E-state index is 12.1. The number of hydrogen-bond donors (Lipinski definition) is 2. The molecule has 1 heterocycles. The first-order valence-corrected chi connectivity index (χ1v) is 7.62. The fraction of sp³-hybridized carbons (Fsp3) is 0.333. The molecule has 0 bridgehead atoms. The van der Waals surface area contributed by atoms with Crippen LogP contribution in [-0.2, 0) is 17.6 Å². The second-order valence-electron chi connectivity index (χ2n) is 5.37. The molecule has 0 aliphatic rings. The summed E-state index contributed by atoms with van der Waals surface area (Å²) in [5.41, 5.74) is 1.75. The molecule has 5 heteroatoms. The van der Waals surface area contributed by atoms with E-state index >= 15 is 0 Å². The highest BCUT2D eigenvalue weighted by Gasteiger charge is 2.13. The molecule has 0 aliphatic heterocycles. The Bertz CT molecular complexity index is 617. The van der Waals surface area contributed by atoms with E-state index in [4.69, 9.17) is 4.74 Å². The van der Waals surface area contributed by atoms with E-state index in [1.165, 1.54) is 0 Å². The Balaban J connectivity index is 1.85. The zero-order chi connectivity index (χ0) is 16.5. The Labute approximate surface area is 136 Å². The van der Waals surface area contributed by atoms with Gasteiger partial charge in [-0.1, -0.05) is 24.3 Å². The highest BCUT2D eigenvalue weighted by molar-refractivity contribution is 5.79. The molecule has 2 N–H and O–H groups in total. The number of aliphatic hydroxyl groups excluding tert-OH is 1. The normalized spacial score (nSPS) is 11.7. The van der Waals surface area contributed by atoms with Crippen molar-refractivity contribution >= 4 is 5.91 Å². The van der Waals surface area contributed by atoms with Gasteiger partial charge in [0, 0.05) is 36.5 Å². The van der Waals surface area contributed by atoms with Gasteiger partial charge in [-0.2, -0.15) is 0 Å². The van der Waals surface area contributed by atoms with Crippen molar-refractivity contribution in [1.82, 2.24) is 10.3 Å². The summed E-state index contributed by atoms with van der Waals surface area (Å²) >= 11 is 0. The van der Waals surface area contributed by atoms with Gasteiger partial charge in [0.05, 0.1) is 13.5 Å². The predicted octanol–water partition coefficient (Wildman–Crippen LogP) is 1.60. The number of hydrogen-bond acceptors (Lipinski definition) is 4. The number of aromatic nitrogens is 1. The van der Waals surface area contributed by atoms with Crippen LogP contribution in [0.25, 0.3) is 0 Å². The van der Waals surface area contributed by atoms with E-state index in [9.17, 15) is 9.90 Å². The van der Waals surface area contributed by atoms with Gasteiger partial charge in [-0.05, 0) is 24.6 Å². The summed E-state index contributed by atoms with van der Waals surface area (Å²) in [7, 11) is 1.59. The Kier molecular flexibility index (Phi) is 6.56. The number of para-hydroxylation sites is 1. The molecule has 2 aromatic rings. The molecule has 1 aromatic heterocycles. The number of carbonyl (C=O) groups is 1. The number of rotatable bonds is 8. The monoisotopic (exact) mass is 314 g/mol. The molecule has 1 unspecified atom stereocenters. The molecule has 0 saturated carbocycles. The smallest absolute Gasteiger partial charge is 0.224 e. The molecule has 2 rings (SSSR count). The minimum atomic E-state index is -0.0889. The number of pyridine rings is 1. The fourth-order valence-corrected chi connectivity index (χ4v) is 2.36. The highest BCUT2D eigenvalue weighted by Crippen LogP contribution is 2.17. The van der Waals surface area contributed by atoms with Gasteiger partial charge in [0.1, 0.15) is 5.75 Å². The lowest BCUT2D eigenvalue weighted by Crippen LogP contribution is -2.33. The minimum absolute atomic E-state index is 0.00547. The third kappa shape index (κ3) is 5.38. The second-order valence-corrected chi connectivity index (χ2v) is 5.37. The van der Waals surface area contributed by atoms with Crippen molar-refractivity contribution in [2.75, 3.05) is 20.3 Å². The third-order valence-electron chi connectivity index (χ3n) is 3.61. The highest BCUT2D eigenvalue weighted by atomic mass is 16.5. The van der Waals surface area contributed by atoms with Crippen LogP contribution in [0, 0.1) is 5.92 Å². The molecule has 1 amide bonds. The van der Waals surface area contributed by atoms with Gasteiger partial charge in [-0.25, -0.2) is 0 Å². The summed E-state index contributed by atoms with van der Waals surface area (Å²) in [5.74, 6) is 0.565. The Morgan fingerprint density at radius 1 is 1.26 bits per heavy atom. The molecule has 0 fully saturated rings. The van der Waals surface area contributed by atoms with Crippen LogP contribution in [-0.4, -0.2) is 36.3 Å². The zero-order valence-electron chi connectivity index (χ0n) is 13.2. The topological polar surface area (TPSA) is 71.5 Å². The van der Waals surface area contributed by atoms with E-state index < -0.39 is 0 Å². The minimum Gasteiger partial charge on any atom is -0.496 e. The maximum absolute atomic E-state index is 12.1. The van der Waals surface area contributed by atoms with Crippen LogP contribution < -0.4 is 10.1 Å². The summed E-state index contributed by atoms with van der Waals surface area (Å²) in [6.07, 6.45) is 2.61. The Morgan fingerprint density at radius 2 is 2.04 bits per heavy atom. The molecular formula is C18H22N2O3. The number of ether oxygens (including phenoxy) is 1. The molecule has 1 aromatic carbocycles. The van der Waals surface area contributed by atoms with Gasteiger partial charge in [0.15, 0.2) is 0 Å². The number of nitrogens with zero attached hydrogens (tertiary/aromatic N) is 1. The van der Waals surface area contributed by atoms with Crippen molar-refractivity contribution < 1.29 is 14.6 Å². The van der Waals surface area contributed by atoms with E-state index in [-0.39, 0.29) is 24.9 Å². The van der Waals surface area contributed by atoms with Crippen molar-refractivity contribution in [1.29, 1.82) is 0 Å². The molecular weight excluding hydrogens is 292 g/mol. The summed E-state index contributed by atoms with van der Waals surface area (Å²) in [6, 6.07) is 13.1. The van der Waals surface area contributed by atoms with Gasteiger partial charge >= 0.3 is 0 Å². The average Bonchev–Trinajstić information content (AvgIpc) is 2.60. The van der Waals surface area contributed by atoms with Gasteiger partial charge in [-0.3, -0.25) is 9.78 Å². The Hall–Kier alpha value is -2.40. The zero-order valence-corrected chi connectivity index (χ0v) is 13.2. The van der Waals surface area contributed by atoms with E-state index in [0.717, 1.165) is 11.3 Å². The molecule has 23 heavy (non-hydrogen) atoms. The van der Waals surface area contributed by atoms with E-state index in [0.29, 0.717) is 18.7 Å². The van der Waals surface area contributed by atoms with E-state index in [2.05, 4.69) is 10.3 Å². The first-order valence-electron chi connectivity index (χ1n) is 7.62. The lowest BCUT2D eigenvalue weighted by atomic mass is 10.0. The van der Waals surface area contributed by atoms with E-state index in [1.807, 2.05) is 42.5 Å². The largest absolute Gasteiger partial charge is 0.496 e. The van der Waals surface area contributed by atoms with Crippen LogP contribution >= 0.6 is 0 Å². The van der Waals surface area contributed by atoms with E-state index in [1.54, 1.807) is 13.3 Å². The third-order valence-corrected chi connectivity index (χ3v) is 3.61. The predicted molar refractivity (Wildman–Crippen MR) is 88.2 cm³/mol. The Morgan fingerprint density at radius 3 is 2.74 bits per heavy atom. The van der Waals surface area contributed by atoms with Crippen molar-refractivity contribution in [2.45, 2.75) is 12.8 Å². The molecule has 0 aliphatic carbocycles. The quantitative estimate of drug-likeness (QED) is 0.776. The molecule has 0 spiro atoms. The number of carbonyl (C=O) groups excluding carboxylic acids is 1. The van der Waals surface area contributed by atoms with Crippen molar-refractivity contribution in [3.05, 3.63) is 59.9 Å². The molecule has 5 nitrogen and oxygen atoms in total. The second kappa shape index (κ2) is 8.90. The maximum Gasteiger partial charge on any atom is 0.224 e. The van der Waals surface area contributed by atoms with Crippen LogP contribution in [0.5, 0.6) is 5.75 Å². The summed E-state index contributed by atoms with van der Waals surface area (Å²) in [4.78, 5) is 16.3. The number of aliphatic hydroxyl groups is 1. The number of nitrogens with one attached hydrogen (secondary N) is 1. The SMILES string of the molecule is COc1ccccc1CC(=O)NCC(CO)Cc1ccccn1. The number of benzene rings is 1. The fourth-order valence-electron chi connectivity index (χ4n) is 2.36. The number of methoxy groups -OCH3 is 1. The summed E-state index contributed by atoms with van der Waals surface area (Å²) in [5, 5.41) is 12.3. The van der Waals surface area contributed by atoms with Gasteiger partial charge in [0.2, 0.25) is 5.91 Å². The van der Waals surface area contributed by atoms with Crippen LogP contribution in [0.4, 0.5) is 0 Å². The van der Waals surface area contributed by atoms with Gasteiger partial charge in [-0.15, -0.1) is 0 Å². The van der Waals surface area contributed by atoms with Crippen LogP contribution in [0.1, 0.15) is 11.3 Å². The van der Waals surface area contributed by atoms with Crippen LogP contribution in [0.15, 0.2) is 48.7 Å². The standard InChI is InChI=1S/C18H22N2O3/c1-23-17-8-3-2-6-15(17)11-18(22)20-12-14(13-21)10-16-7-4-5-9-19-16/h2-9,14,21H,10-13H2,1H3,(H,20,22). The lowest BCUT2D eigenvalue weighted by molar-refractivity contribution is -0.120. The first-order chi connectivity index (χ1) is 11.2. The van der Waals surface area contributed by atoms with Crippen molar-refractivity contribution in [2.24, 2.45) is 5.92 Å². The van der Waals surface area contributed by atoms with Crippen LogP contribution in [0.3, 0.4) is 0 Å². The van der Waals surface area contributed by atoms with Gasteiger partial charge < -0.3 is 15.2 Å². The first kappa shape index (κ1) is 17.0.